The highest BCUT2D eigenvalue weighted by Crippen LogP contribution is 2.39. The van der Waals surface area contributed by atoms with E-state index >= 15 is 0 Å². The third-order valence-corrected chi connectivity index (χ3v) is 13.8. The topological polar surface area (TPSA) is 9.86 Å². The molecule has 0 saturated carbocycles. The third-order valence-electron chi connectivity index (χ3n) is 13.8. The summed E-state index contributed by atoms with van der Waals surface area (Å²) in [4.78, 5) is 0. The van der Waals surface area contributed by atoms with Crippen molar-refractivity contribution < 1.29 is 0 Å². The second kappa shape index (κ2) is 16.8. The van der Waals surface area contributed by atoms with Crippen molar-refractivity contribution in [2.24, 2.45) is 0 Å². The van der Waals surface area contributed by atoms with Crippen molar-refractivity contribution in [2.45, 2.75) is 0 Å². The summed E-state index contributed by atoms with van der Waals surface area (Å²) in [6.07, 6.45) is 0. The summed E-state index contributed by atoms with van der Waals surface area (Å²) in [6, 6.07) is 69.5. The van der Waals surface area contributed by atoms with Gasteiger partial charge in [0, 0.05) is 38.6 Å². The molecule has 0 N–H and O–H groups in total. The largest absolute Gasteiger partial charge is 0.311 e. The Labute approximate surface area is 410 Å². The van der Waals surface area contributed by atoms with Crippen LogP contribution in [0.1, 0.15) is 0 Å². The molecule has 0 saturated heterocycles. The maximum absolute atomic E-state index is 7.43. The monoisotopic (exact) mass is 858 g/mol. The van der Waals surface area contributed by atoms with Gasteiger partial charge in [0.1, 0.15) is 54.9 Å². The molecule has 69 heavy (non-hydrogen) atoms. The lowest BCUT2D eigenvalue weighted by atomic mass is 9.64. The maximum atomic E-state index is 7.43. The minimum atomic E-state index is 0.173. The van der Waals surface area contributed by atoms with Gasteiger partial charge < -0.3 is 9.13 Å². The highest BCUT2D eigenvalue weighted by molar-refractivity contribution is 6.69. The third kappa shape index (κ3) is 6.89. The summed E-state index contributed by atoms with van der Waals surface area (Å²) < 4.78 is 4.25. The van der Waals surface area contributed by atoms with Gasteiger partial charge >= 0.3 is 0 Å². The molecule has 10 aromatic carbocycles. The minimum Gasteiger partial charge on any atom is -0.311 e. The quantitative estimate of drug-likeness (QED) is 0.145. The van der Waals surface area contributed by atoms with Crippen LogP contribution >= 0.6 is 0 Å². The highest BCUT2D eigenvalue weighted by atomic mass is 15.0. The Morgan fingerprint density at radius 1 is 0.246 bits per heavy atom. The Kier molecular flexibility index (Phi) is 10.4. The van der Waals surface area contributed by atoms with Gasteiger partial charge in [0.15, 0.2) is 0 Å². The van der Waals surface area contributed by atoms with Crippen molar-refractivity contribution in [3.63, 3.8) is 0 Å². The normalized spacial score (nSPS) is 11.6. The molecule has 0 aliphatic rings. The summed E-state index contributed by atoms with van der Waals surface area (Å²) in [5.41, 5.74) is 17.1. The second-order valence-corrected chi connectivity index (χ2v) is 17.6. The number of rotatable bonds is 7. The van der Waals surface area contributed by atoms with Crippen molar-refractivity contribution in [2.75, 3.05) is 0 Å². The Bertz CT molecular complexity index is 3980. The predicted octanol–water partition coefficient (Wildman–Crippen LogP) is 7.77. The zero-order valence-electron chi connectivity index (χ0n) is 37.5. The fourth-order valence-corrected chi connectivity index (χ4v) is 10.3. The number of fused-ring (bicyclic) bond motifs is 6. The van der Waals surface area contributed by atoms with Gasteiger partial charge in [-0.1, -0.05) is 179 Å². The standard InChI is InChI=1S/C60H33B7N2/c61-52-49(53(62)57(66)59-50(52)51-54(63)55(64)56(65)58(67)60(51)69(59)44-28-22-39(23-29-44)36-14-8-3-9-15-36)42-25-31-48-46(33-42)45-32-41(40-18-16-37(17-19-40)34-10-4-1-5-11-34)24-30-47(45)68(48)43-26-20-38(21-27-43)35-12-6-2-7-13-35/h1-33H. The van der Waals surface area contributed by atoms with E-state index in [0.717, 1.165) is 77.7 Å². The van der Waals surface area contributed by atoms with Crippen LogP contribution in [0.5, 0.6) is 0 Å². The zero-order chi connectivity index (χ0) is 47.1. The van der Waals surface area contributed by atoms with E-state index in [4.69, 9.17) is 54.9 Å². The van der Waals surface area contributed by atoms with E-state index in [2.05, 4.69) is 150 Å². The molecule has 0 amide bonds. The van der Waals surface area contributed by atoms with Gasteiger partial charge in [0.05, 0.1) is 11.0 Å². The Hall–Kier alpha value is -7.75. The van der Waals surface area contributed by atoms with Crippen molar-refractivity contribution >= 4 is 137 Å². The van der Waals surface area contributed by atoms with Crippen LogP contribution in [0, 0.1) is 0 Å². The van der Waals surface area contributed by atoms with Gasteiger partial charge in [-0.3, -0.25) is 0 Å². The first-order valence-corrected chi connectivity index (χ1v) is 22.8. The molecular weight excluding hydrogens is 824 g/mol. The number of hydrogen-bond donors (Lipinski definition) is 0. The SMILES string of the molecule is [B]c1c([B])c([B])c2c(c1[B])c1c([B])c(-c3ccc4c(c3)c3cc(-c5ccc(-c6ccccc6)cc5)ccc3n4-c3ccc(-c4ccccc4)cc3)c([B])c([B])c1n2-c1ccc(-c2ccccc2)cc1. The molecule has 0 aliphatic heterocycles. The van der Waals surface area contributed by atoms with E-state index in [0.29, 0.717) is 43.8 Å². The first-order valence-electron chi connectivity index (χ1n) is 22.8. The lowest BCUT2D eigenvalue weighted by Gasteiger charge is -2.19. The number of nitrogens with zero attached hydrogens (tertiary/aromatic N) is 2. The van der Waals surface area contributed by atoms with E-state index in [9.17, 15) is 0 Å². The van der Waals surface area contributed by atoms with Gasteiger partial charge in [0.25, 0.3) is 0 Å². The molecule has 2 aromatic heterocycles. The van der Waals surface area contributed by atoms with Crippen LogP contribution in [0.25, 0.3) is 111 Å². The van der Waals surface area contributed by atoms with Crippen LogP contribution in [-0.4, -0.2) is 64.1 Å². The lowest BCUT2D eigenvalue weighted by Crippen LogP contribution is -2.48. The van der Waals surface area contributed by atoms with Crippen LogP contribution < -0.4 is 38.2 Å². The molecule has 2 heterocycles. The summed E-state index contributed by atoms with van der Waals surface area (Å²) in [7, 11) is 48.9. The second-order valence-electron chi connectivity index (χ2n) is 17.6. The smallest absolute Gasteiger partial charge is 0.115 e. The van der Waals surface area contributed by atoms with Crippen molar-refractivity contribution in [1.29, 1.82) is 0 Å². The maximum Gasteiger partial charge on any atom is 0.115 e. The van der Waals surface area contributed by atoms with Crippen LogP contribution in [-0.2, 0) is 0 Å². The van der Waals surface area contributed by atoms with E-state index in [1.54, 1.807) is 0 Å². The molecule has 0 spiro atoms. The first-order chi connectivity index (χ1) is 33.7. The number of aromatic nitrogens is 2. The Morgan fingerprint density at radius 3 is 1.06 bits per heavy atom. The molecular formula is C60H33B7N2. The molecule has 0 unspecified atom stereocenters. The van der Waals surface area contributed by atoms with E-state index in [-0.39, 0.29) is 21.9 Å². The zero-order valence-corrected chi connectivity index (χ0v) is 37.5. The summed E-state index contributed by atoms with van der Waals surface area (Å²) in [5.74, 6) is 0. The fraction of sp³-hybridized carbons (Fsp3) is 0. The Morgan fingerprint density at radius 2 is 0.580 bits per heavy atom. The molecule has 2 nitrogen and oxygen atoms in total. The van der Waals surface area contributed by atoms with Crippen molar-refractivity contribution in [3.05, 3.63) is 200 Å². The molecule has 9 heteroatoms. The van der Waals surface area contributed by atoms with Gasteiger partial charge in [-0.25, -0.2) is 0 Å². The molecule has 14 radical (unpaired) electrons. The predicted molar refractivity (Wildman–Crippen MR) is 300 cm³/mol. The molecule has 12 rings (SSSR count). The van der Waals surface area contributed by atoms with E-state index < -0.39 is 0 Å². The van der Waals surface area contributed by atoms with Crippen molar-refractivity contribution in [3.8, 4) is 67.0 Å². The van der Waals surface area contributed by atoms with E-state index in [1.165, 1.54) is 5.56 Å². The first kappa shape index (κ1) is 42.6. The average molecular weight is 858 g/mol. The summed E-state index contributed by atoms with van der Waals surface area (Å²) in [6.45, 7) is 0. The molecule has 0 aliphatic carbocycles. The summed E-state index contributed by atoms with van der Waals surface area (Å²) in [5, 5.41) is 3.20. The van der Waals surface area contributed by atoms with Crippen LogP contribution in [0.3, 0.4) is 0 Å². The van der Waals surface area contributed by atoms with Gasteiger partial charge in [0.2, 0.25) is 0 Å². The molecule has 0 fully saturated rings. The molecule has 12 aromatic rings. The Balaban J connectivity index is 1.07. The van der Waals surface area contributed by atoms with Gasteiger partial charge in [-0.2, -0.15) is 0 Å². The van der Waals surface area contributed by atoms with Crippen LogP contribution in [0.15, 0.2) is 200 Å². The van der Waals surface area contributed by atoms with Crippen LogP contribution in [0.4, 0.5) is 0 Å². The molecule has 0 bridgehead atoms. The van der Waals surface area contributed by atoms with Crippen molar-refractivity contribution in [1.82, 2.24) is 9.13 Å². The minimum absolute atomic E-state index is 0.173. The van der Waals surface area contributed by atoms with Gasteiger partial charge in [-0.15, -0.1) is 10.9 Å². The van der Waals surface area contributed by atoms with Gasteiger partial charge in [-0.05, 0) is 110 Å². The van der Waals surface area contributed by atoms with Crippen LogP contribution in [0.2, 0.25) is 0 Å². The molecule has 0 atom stereocenters. The number of hydrogen-bond acceptors (Lipinski definition) is 0. The molecule has 304 valence electrons. The summed E-state index contributed by atoms with van der Waals surface area (Å²) >= 11 is 0. The lowest BCUT2D eigenvalue weighted by molar-refractivity contribution is 1.18. The fourth-order valence-electron chi connectivity index (χ4n) is 10.3. The number of benzene rings is 10. The highest BCUT2D eigenvalue weighted by Gasteiger charge is 2.25. The average Bonchev–Trinajstić information content (AvgIpc) is 3.94. The van der Waals surface area contributed by atoms with E-state index in [1.807, 2.05) is 59.2 Å².